The first-order valence-corrected chi connectivity index (χ1v) is 11.2. The number of methoxy groups -OCH3 is 1. The highest BCUT2D eigenvalue weighted by molar-refractivity contribution is 7.91. The number of ether oxygens (including phenoxy) is 2. The molecule has 7 nitrogen and oxygen atoms in total. The first kappa shape index (κ1) is 19.9. The summed E-state index contributed by atoms with van der Waals surface area (Å²) >= 11 is 0. The van der Waals surface area contributed by atoms with Gasteiger partial charge in [-0.1, -0.05) is 12.1 Å². The molecule has 2 fully saturated rings. The van der Waals surface area contributed by atoms with E-state index in [2.05, 4.69) is 27.8 Å². The molecule has 0 aromatic heterocycles. The van der Waals surface area contributed by atoms with Crippen molar-refractivity contribution in [3.63, 3.8) is 0 Å². The van der Waals surface area contributed by atoms with E-state index in [-0.39, 0.29) is 23.0 Å². The van der Waals surface area contributed by atoms with Crippen molar-refractivity contribution in [2.24, 2.45) is 4.99 Å². The third-order valence-electron chi connectivity index (χ3n) is 5.54. The minimum absolute atomic E-state index is 0.0517. The zero-order valence-electron chi connectivity index (χ0n) is 16.0. The Hall–Kier alpha value is -1.80. The zero-order valence-corrected chi connectivity index (χ0v) is 16.8. The van der Waals surface area contributed by atoms with Crippen LogP contribution in [0.25, 0.3) is 0 Å². The Morgan fingerprint density at radius 2 is 2.00 bits per heavy atom. The molecule has 1 atom stereocenters. The van der Waals surface area contributed by atoms with Gasteiger partial charge in [-0.3, -0.25) is 4.99 Å². The fraction of sp³-hybridized carbons (Fsp3) is 0.632. The van der Waals surface area contributed by atoms with Crippen molar-refractivity contribution in [2.75, 3.05) is 45.4 Å². The predicted octanol–water partition coefficient (Wildman–Crippen LogP) is 1.10. The van der Waals surface area contributed by atoms with Gasteiger partial charge >= 0.3 is 0 Å². The van der Waals surface area contributed by atoms with Crippen LogP contribution in [0.4, 0.5) is 0 Å². The zero-order chi connectivity index (χ0) is 19.3. The molecular weight excluding hydrogens is 366 g/mol. The summed E-state index contributed by atoms with van der Waals surface area (Å²) < 4.78 is 34.2. The number of benzene rings is 1. The van der Waals surface area contributed by atoms with E-state index in [4.69, 9.17) is 9.47 Å². The molecule has 8 heteroatoms. The molecule has 27 heavy (non-hydrogen) atoms. The largest absolute Gasteiger partial charge is 0.497 e. The smallest absolute Gasteiger partial charge is 0.191 e. The van der Waals surface area contributed by atoms with E-state index in [1.165, 1.54) is 5.56 Å². The van der Waals surface area contributed by atoms with Crippen LogP contribution in [-0.2, 0) is 20.0 Å². The maximum atomic E-state index is 11.7. The topological polar surface area (TPSA) is 89.0 Å². The molecule has 2 N–H and O–H groups in total. The molecule has 3 rings (SSSR count). The molecule has 2 aliphatic heterocycles. The number of hydrogen-bond donors (Lipinski definition) is 2. The van der Waals surface area contributed by atoms with Gasteiger partial charge in [-0.25, -0.2) is 8.42 Å². The second-order valence-corrected chi connectivity index (χ2v) is 9.52. The Morgan fingerprint density at radius 3 is 2.56 bits per heavy atom. The van der Waals surface area contributed by atoms with Crippen molar-refractivity contribution in [2.45, 2.75) is 30.7 Å². The van der Waals surface area contributed by atoms with Crippen molar-refractivity contribution in [1.82, 2.24) is 10.6 Å². The van der Waals surface area contributed by atoms with Crippen molar-refractivity contribution in [3.8, 4) is 5.75 Å². The minimum atomic E-state index is -2.92. The lowest BCUT2D eigenvalue weighted by molar-refractivity contribution is 0.0513. The van der Waals surface area contributed by atoms with Gasteiger partial charge in [0.25, 0.3) is 0 Å². The molecule has 150 valence electrons. The lowest BCUT2D eigenvalue weighted by atomic mass is 9.74. The molecule has 1 unspecified atom stereocenters. The molecule has 1 aromatic rings. The number of nitrogens with zero attached hydrogens (tertiary/aromatic N) is 1. The molecule has 0 saturated carbocycles. The van der Waals surface area contributed by atoms with Gasteiger partial charge in [-0.2, -0.15) is 0 Å². The van der Waals surface area contributed by atoms with E-state index in [1.807, 2.05) is 12.1 Å². The quantitative estimate of drug-likeness (QED) is 0.573. The molecule has 2 heterocycles. The van der Waals surface area contributed by atoms with Gasteiger partial charge in [-0.05, 0) is 37.0 Å². The summed E-state index contributed by atoms with van der Waals surface area (Å²) in [6, 6.07) is 8.14. The van der Waals surface area contributed by atoms with Crippen LogP contribution in [0.15, 0.2) is 29.3 Å². The summed E-state index contributed by atoms with van der Waals surface area (Å²) in [6.07, 6.45) is 2.46. The lowest BCUT2D eigenvalue weighted by Gasteiger charge is -2.38. The van der Waals surface area contributed by atoms with E-state index in [0.717, 1.165) is 31.8 Å². The molecule has 0 spiro atoms. The summed E-state index contributed by atoms with van der Waals surface area (Å²) in [4.78, 5) is 4.28. The second kappa shape index (κ2) is 8.48. The van der Waals surface area contributed by atoms with Gasteiger partial charge in [0, 0.05) is 38.3 Å². The molecule has 0 aliphatic carbocycles. The van der Waals surface area contributed by atoms with E-state index < -0.39 is 9.84 Å². The van der Waals surface area contributed by atoms with Crippen LogP contribution in [0.5, 0.6) is 5.75 Å². The highest BCUT2D eigenvalue weighted by atomic mass is 32.2. The summed E-state index contributed by atoms with van der Waals surface area (Å²) in [5, 5.41) is 6.67. The van der Waals surface area contributed by atoms with E-state index >= 15 is 0 Å². The number of sulfone groups is 1. The van der Waals surface area contributed by atoms with Crippen LogP contribution >= 0.6 is 0 Å². The van der Waals surface area contributed by atoms with Crippen molar-refractivity contribution < 1.29 is 17.9 Å². The third-order valence-corrected chi connectivity index (χ3v) is 7.31. The summed E-state index contributed by atoms with van der Waals surface area (Å²) in [7, 11) is 0.457. The monoisotopic (exact) mass is 395 g/mol. The Bertz CT molecular complexity index is 756. The number of aliphatic imine (C=N–C) groups is 1. The number of hydrogen-bond acceptors (Lipinski definition) is 5. The SMILES string of the molecule is CN=C(NCC1(c2ccc(OC)cc2)CCOCC1)NC1CCS(=O)(=O)C1. The highest BCUT2D eigenvalue weighted by Crippen LogP contribution is 2.35. The summed E-state index contributed by atoms with van der Waals surface area (Å²) in [5.41, 5.74) is 1.20. The number of guanidine groups is 1. The first-order valence-electron chi connectivity index (χ1n) is 9.36. The van der Waals surface area contributed by atoms with E-state index in [1.54, 1.807) is 14.2 Å². The van der Waals surface area contributed by atoms with Crippen LogP contribution in [-0.4, -0.2) is 65.8 Å². The van der Waals surface area contributed by atoms with Crippen molar-refractivity contribution >= 4 is 15.8 Å². The Balaban J connectivity index is 1.68. The molecule has 0 bridgehead atoms. The van der Waals surface area contributed by atoms with Gasteiger partial charge in [-0.15, -0.1) is 0 Å². The van der Waals surface area contributed by atoms with Gasteiger partial charge in [0.1, 0.15) is 5.75 Å². The van der Waals surface area contributed by atoms with Crippen LogP contribution in [0.2, 0.25) is 0 Å². The molecule has 2 saturated heterocycles. The Labute approximate surface area is 161 Å². The van der Waals surface area contributed by atoms with Crippen LogP contribution < -0.4 is 15.4 Å². The average molecular weight is 396 g/mol. The highest BCUT2D eigenvalue weighted by Gasteiger charge is 2.35. The molecule has 2 aliphatic rings. The number of nitrogens with one attached hydrogen (secondary N) is 2. The van der Waals surface area contributed by atoms with Crippen LogP contribution in [0.3, 0.4) is 0 Å². The minimum Gasteiger partial charge on any atom is -0.497 e. The van der Waals surface area contributed by atoms with E-state index in [0.29, 0.717) is 18.9 Å². The van der Waals surface area contributed by atoms with Gasteiger partial charge in [0.15, 0.2) is 15.8 Å². The van der Waals surface area contributed by atoms with Crippen molar-refractivity contribution in [1.29, 1.82) is 0 Å². The maximum absolute atomic E-state index is 11.7. The standard InChI is InChI=1S/C19H29N3O4S/c1-20-18(22-16-7-12-27(23,24)13-16)21-14-19(8-10-26-11-9-19)15-3-5-17(25-2)6-4-15/h3-6,16H,7-14H2,1-2H3,(H2,20,21,22). The maximum Gasteiger partial charge on any atom is 0.191 e. The predicted molar refractivity (Wildman–Crippen MR) is 106 cm³/mol. The summed E-state index contributed by atoms with van der Waals surface area (Å²) in [6.45, 7) is 2.16. The normalized spacial score (nSPS) is 24.4. The molecular formula is C19H29N3O4S. The number of rotatable bonds is 5. The molecule has 0 radical (unpaired) electrons. The molecule has 0 amide bonds. The fourth-order valence-corrected chi connectivity index (χ4v) is 5.50. The van der Waals surface area contributed by atoms with Crippen molar-refractivity contribution in [3.05, 3.63) is 29.8 Å². The first-order chi connectivity index (χ1) is 13.0. The van der Waals surface area contributed by atoms with E-state index in [9.17, 15) is 8.42 Å². The van der Waals surface area contributed by atoms with Gasteiger partial charge < -0.3 is 20.1 Å². The third kappa shape index (κ3) is 4.93. The average Bonchev–Trinajstić information content (AvgIpc) is 3.04. The van der Waals surface area contributed by atoms with Gasteiger partial charge in [0.2, 0.25) is 0 Å². The second-order valence-electron chi connectivity index (χ2n) is 7.29. The molecule has 1 aromatic carbocycles. The van der Waals surface area contributed by atoms with Gasteiger partial charge in [0.05, 0.1) is 18.6 Å². The Kier molecular flexibility index (Phi) is 6.26. The lowest BCUT2D eigenvalue weighted by Crippen LogP contribution is -2.50. The van der Waals surface area contributed by atoms with Crippen LogP contribution in [0, 0.1) is 0 Å². The Morgan fingerprint density at radius 1 is 1.30 bits per heavy atom. The fourth-order valence-electron chi connectivity index (χ4n) is 3.82. The van der Waals surface area contributed by atoms with Crippen LogP contribution in [0.1, 0.15) is 24.8 Å². The summed E-state index contributed by atoms with van der Waals surface area (Å²) in [5.74, 6) is 1.91.